The van der Waals surface area contributed by atoms with E-state index >= 15 is 0 Å². The van der Waals surface area contributed by atoms with Crippen molar-refractivity contribution in [3.8, 4) is 0 Å². The zero-order valence-electron chi connectivity index (χ0n) is 13.3. The molecule has 0 aliphatic carbocycles. The summed E-state index contributed by atoms with van der Waals surface area (Å²) in [6.45, 7) is 4.51. The van der Waals surface area contributed by atoms with Gasteiger partial charge in [0.1, 0.15) is 5.82 Å². The van der Waals surface area contributed by atoms with Crippen LogP contribution in [0.3, 0.4) is 0 Å². The highest BCUT2D eigenvalue weighted by Gasteiger charge is 2.20. The average Bonchev–Trinajstić information content (AvgIpc) is 2.87. The van der Waals surface area contributed by atoms with E-state index in [4.69, 9.17) is 4.74 Å². The number of fused-ring (bicyclic) bond motifs is 1. The molecule has 0 bridgehead atoms. The third-order valence-corrected chi connectivity index (χ3v) is 4.47. The lowest BCUT2D eigenvalue weighted by atomic mass is 10.1. The van der Waals surface area contributed by atoms with Crippen LogP contribution in [-0.4, -0.2) is 32.7 Å². The van der Waals surface area contributed by atoms with Crippen LogP contribution in [0.1, 0.15) is 28.6 Å². The molecule has 0 spiro atoms. The molecule has 0 atom stereocenters. The van der Waals surface area contributed by atoms with Crippen LogP contribution in [0.15, 0.2) is 18.2 Å². The molecule has 0 unspecified atom stereocenters. The van der Waals surface area contributed by atoms with E-state index in [0.29, 0.717) is 22.4 Å². The quantitative estimate of drug-likeness (QED) is 0.710. The van der Waals surface area contributed by atoms with Crippen LogP contribution in [0.2, 0.25) is 0 Å². The molecule has 0 radical (unpaired) electrons. The second-order valence-corrected chi connectivity index (χ2v) is 6.01. The van der Waals surface area contributed by atoms with Gasteiger partial charge in [0.2, 0.25) is 0 Å². The third-order valence-electron chi connectivity index (χ3n) is 3.27. The van der Waals surface area contributed by atoms with Crippen LogP contribution in [0.4, 0.5) is 4.39 Å². The van der Waals surface area contributed by atoms with Gasteiger partial charge < -0.3 is 15.4 Å². The Bertz CT molecular complexity index is 648. The van der Waals surface area contributed by atoms with Gasteiger partial charge in [0, 0.05) is 35.8 Å². The SMILES string of the molecule is CCCNCCNC(=O)c1sc2cccc(F)c2c1COC.Cl. The molecule has 7 heteroatoms. The zero-order valence-corrected chi connectivity index (χ0v) is 14.9. The number of hydrogen-bond acceptors (Lipinski definition) is 4. The number of thiophene rings is 1. The van der Waals surface area contributed by atoms with E-state index in [2.05, 4.69) is 17.6 Å². The second-order valence-electron chi connectivity index (χ2n) is 4.96. The summed E-state index contributed by atoms with van der Waals surface area (Å²) in [5.74, 6) is -0.490. The highest BCUT2D eigenvalue weighted by Crippen LogP contribution is 2.33. The zero-order chi connectivity index (χ0) is 15.9. The largest absolute Gasteiger partial charge is 0.380 e. The van der Waals surface area contributed by atoms with Crippen LogP contribution in [-0.2, 0) is 11.3 Å². The Balaban J connectivity index is 0.00000264. The molecule has 2 N–H and O–H groups in total. The Morgan fingerprint density at radius 1 is 1.30 bits per heavy atom. The predicted octanol–water partition coefficient (Wildman–Crippen LogP) is 3.34. The van der Waals surface area contributed by atoms with Crippen molar-refractivity contribution in [3.63, 3.8) is 0 Å². The third kappa shape index (κ3) is 4.88. The van der Waals surface area contributed by atoms with Crippen molar-refractivity contribution in [3.05, 3.63) is 34.5 Å². The van der Waals surface area contributed by atoms with Crippen LogP contribution < -0.4 is 10.6 Å². The molecule has 0 aliphatic heterocycles. The molecular formula is C16H22ClFN2O2S. The van der Waals surface area contributed by atoms with E-state index in [9.17, 15) is 9.18 Å². The fourth-order valence-corrected chi connectivity index (χ4v) is 3.42. The van der Waals surface area contributed by atoms with Gasteiger partial charge in [-0.15, -0.1) is 23.7 Å². The first-order valence-electron chi connectivity index (χ1n) is 7.36. The topological polar surface area (TPSA) is 50.4 Å². The average molecular weight is 361 g/mol. The summed E-state index contributed by atoms with van der Waals surface area (Å²) in [6, 6.07) is 4.88. The molecule has 128 valence electrons. The van der Waals surface area contributed by atoms with E-state index in [1.807, 2.05) is 6.07 Å². The molecule has 0 aliphatic rings. The lowest BCUT2D eigenvalue weighted by Crippen LogP contribution is -2.32. The minimum absolute atomic E-state index is 0. The number of hydrogen-bond donors (Lipinski definition) is 2. The molecule has 23 heavy (non-hydrogen) atoms. The smallest absolute Gasteiger partial charge is 0.261 e. The van der Waals surface area contributed by atoms with Gasteiger partial charge in [-0.3, -0.25) is 4.79 Å². The number of methoxy groups -OCH3 is 1. The molecule has 1 heterocycles. The van der Waals surface area contributed by atoms with Crippen molar-refractivity contribution in [2.45, 2.75) is 20.0 Å². The number of benzene rings is 1. The van der Waals surface area contributed by atoms with E-state index in [0.717, 1.165) is 24.2 Å². The molecule has 2 aromatic rings. The first-order chi connectivity index (χ1) is 10.7. The summed E-state index contributed by atoms with van der Waals surface area (Å²) < 4.78 is 20.0. The lowest BCUT2D eigenvalue weighted by molar-refractivity contribution is 0.0954. The monoisotopic (exact) mass is 360 g/mol. The summed E-state index contributed by atoms with van der Waals surface area (Å²) in [6.07, 6.45) is 1.06. The molecule has 2 rings (SSSR count). The Hall–Kier alpha value is -1.21. The maximum absolute atomic E-state index is 14.0. The first kappa shape index (κ1) is 19.8. The highest BCUT2D eigenvalue weighted by molar-refractivity contribution is 7.21. The van der Waals surface area contributed by atoms with Crippen molar-refractivity contribution in [2.24, 2.45) is 0 Å². The summed E-state index contributed by atoms with van der Waals surface area (Å²) >= 11 is 1.30. The number of nitrogens with one attached hydrogen (secondary N) is 2. The minimum Gasteiger partial charge on any atom is -0.380 e. The summed E-state index contributed by atoms with van der Waals surface area (Å²) in [7, 11) is 1.54. The molecule has 1 aromatic carbocycles. The minimum atomic E-state index is -0.315. The maximum atomic E-state index is 14.0. The van der Waals surface area contributed by atoms with E-state index in [1.54, 1.807) is 13.2 Å². The van der Waals surface area contributed by atoms with E-state index in [1.165, 1.54) is 17.4 Å². The number of amides is 1. The van der Waals surface area contributed by atoms with E-state index in [-0.39, 0.29) is 30.7 Å². The van der Waals surface area contributed by atoms with Crippen molar-refractivity contribution in [1.29, 1.82) is 0 Å². The van der Waals surface area contributed by atoms with Crippen LogP contribution in [0, 0.1) is 5.82 Å². The Kier molecular flexibility index (Phi) is 8.47. The molecule has 0 saturated carbocycles. The molecule has 4 nitrogen and oxygen atoms in total. The number of carbonyl (C=O) groups is 1. The number of rotatable bonds is 8. The first-order valence-corrected chi connectivity index (χ1v) is 8.18. The van der Waals surface area contributed by atoms with Crippen LogP contribution in [0.5, 0.6) is 0 Å². The van der Waals surface area contributed by atoms with Crippen LogP contribution in [0.25, 0.3) is 10.1 Å². The maximum Gasteiger partial charge on any atom is 0.261 e. The van der Waals surface area contributed by atoms with Gasteiger partial charge >= 0.3 is 0 Å². The van der Waals surface area contributed by atoms with Gasteiger partial charge in [-0.05, 0) is 25.1 Å². The van der Waals surface area contributed by atoms with Gasteiger partial charge in [0.25, 0.3) is 5.91 Å². The van der Waals surface area contributed by atoms with Gasteiger partial charge in [0.15, 0.2) is 0 Å². The summed E-state index contributed by atoms with van der Waals surface area (Å²) in [4.78, 5) is 12.9. The standard InChI is InChI=1S/C16H21FN2O2S.ClH/c1-3-7-18-8-9-19-16(20)15-11(10-21-2)14-12(17)5-4-6-13(14)22-15;/h4-6,18H,3,7-10H2,1-2H3,(H,19,20);1H. The van der Waals surface area contributed by atoms with Gasteiger partial charge in [-0.2, -0.15) is 0 Å². The van der Waals surface area contributed by atoms with Crippen molar-refractivity contribution >= 4 is 39.7 Å². The molecule has 0 saturated heterocycles. The van der Waals surface area contributed by atoms with Crippen molar-refractivity contribution < 1.29 is 13.9 Å². The predicted molar refractivity (Wildman–Crippen MR) is 95.2 cm³/mol. The fourth-order valence-electron chi connectivity index (χ4n) is 2.28. The lowest BCUT2D eigenvalue weighted by Gasteiger charge is -2.07. The Labute approximate surface area is 145 Å². The summed E-state index contributed by atoms with van der Waals surface area (Å²) in [5, 5.41) is 6.58. The van der Waals surface area contributed by atoms with Gasteiger partial charge in [-0.1, -0.05) is 13.0 Å². The Morgan fingerprint density at radius 2 is 2.09 bits per heavy atom. The summed E-state index contributed by atoms with van der Waals surface area (Å²) in [5.41, 5.74) is 0.625. The Morgan fingerprint density at radius 3 is 2.78 bits per heavy atom. The van der Waals surface area contributed by atoms with Gasteiger partial charge in [-0.25, -0.2) is 4.39 Å². The van der Waals surface area contributed by atoms with E-state index < -0.39 is 0 Å². The number of ether oxygens (including phenoxy) is 1. The number of halogens is 2. The van der Waals surface area contributed by atoms with Gasteiger partial charge in [0.05, 0.1) is 11.5 Å². The number of carbonyl (C=O) groups excluding carboxylic acids is 1. The molecule has 1 aromatic heterocycles. The van der Waals surface area contributed by atoms with Crippen molar-refractivity contribution in [1.82, 2.24) is 10.6 Å². The fraction of sp³-hybridized carbons (Fsp3) is 0.438. The normalized spacial score (nSPS) is 10.6. The highest BCUT2D eigenvalue weighted by atomic mass is 35.5. The molecule has 0 fully saturated rings. The van der Waals surface area contributed by atoms with Crippen molar-refractivity contribution in [2.75, 3.05) is 26.7 Å². The molecular weight excluding hydrogens is 339 g/mol. The van der Waals surface area contributed by atoms with Crippen LogP contribution >= 0.6 is 23.7 Å². The second kappa shape index (κ2) is 9.82. The molecule has 1 amide bonds.